The molecule has 6 atom stereocenters. The highest BCUT2D eigenvalue weighted by Crippen LogP contribution is 2.62. The van der Waals surface area contributed by atoms with E-state index < -0.39 is 0 Å². The van der Waals surface area contributed by atoms with Gasteiger partial charge in [0.25, 0.3) is 0 Å². The molecule has 4 aliphatic rings. The highest BCUT2D eigenvalue weighted by Gasteiger charge is 2.70. The highest BCUT2D eigenvalue weighted by atomic mass is 35.5. The second-order valence-electron chi connectivity index (χ2n) is 9.24. The average Bonchev–Trinajstić information content (AvgIpc) is 3.54. The van der Waals surface area contributed by atoms with Crippen LogP contribution in [0.5, 0.6) is 0 Å². The van der Waals surface area contributed by atoms with Gasteiger partial charge in [0.15, 0.2) is 0 Å². The second kappa shape index (κ2) is 6.42. The molecule has 6 heteroatoms. The highest BCUT2D eigenvalue weighted by molar-refractivity contribution is 6.30. The van der Waals surface area contributed by atoms with Crippen molar-refractivity contribution in [1.29, 1.82) is 0 Å². The van der Waals surface area contributed by atoms with Crippen molar-refractivity contribution in [2.24, 2.45) is 34.7 Å². The van der Waals surface area contributed by atoms with Gasteiger partial charge in [0.05, 0.1) is 23.2 Å². The molecule has 3 fully saturated rings. The monoisotopic (exact) mass is 442 g/mol. The van der Waals surface area contributed by atoms with E-state index in [4.69, 9.17) is 16.4 Å². The lowest BCUT2D eigenvalue weighted by molar-refractivity contribution is -0.125. The quantitative estimate of drug-likeness (QED) is 0.542. The molecule has 0 aromatic heterocycles. The minimum absolute atomic E-state index is 0.0189. The van der Waals surface area contributed by atoms with E-state index in [1.165, 1.54) is 4.90 Å². The minimum atomic E-state index is -0.319. The second-order valence-corrected chi connectivity index (χ2v) is 9.67. The Bertz CT molecular complexity index is 1330. The van der Waals surface area contributed by atoms with Crippen LogP contribution in [0.1, 0.15) is 12.0 Å². The maximum atomic E-state index is 13.6. The molecular formula is C26H19ClN2O3. The van der Waals surface area contributed by atoms with Crippen LogP contribution in [0.15, 0.2) is 71.9 Å². The molecule has 7 rings (SSSR count). The van der Waals surface area contributed by atoms with E-state index in [1.54, 1.807) is 0 Å². The Kier molecular flexibility index (Phi) is 3.69. The van der Waals surface area contributed by atoms with Crippen molar-refractivity contribution in [3.05, 3.63) is 77.3 Å². The van der Waals surface area contributed by atoms with Crippen molar-refractivity contribution in [1.82, 2.24) is 0 Å². The molecule has 2 bridgehead atoms. The Morgan fingerprint density at radius 1 is 0.844 bits per heavy atom. The average molecular weight is 443 g/mol. The van der Waals surface area contributed by atoms with Crippen LogP contribution in [0.4, 0.5) is 5.69 Å². The van der Waals surface area contributed by atoms with Crippen molar-refractivity contribution in [3.63, 3.8) is 0 Å². The van der Waals surface area contributed by atoms with Crippen LogP contribution in [-0.2, 0) is 14.4 Å². The van der Waals surface area contributed by atoms with Gasteiger partial charge in [0.1, 0.15) is 6.10 Å². The van der Waals surface area contributed by atoms with Gasteiger partial charge in [0, 0.05) is 16.9 Å². The number of nitrogens with zero attached hydrogens (tertiary/aromatic N) is 2. The smallest absolute Gasteiger partial charge is 0.238 e. The molecule has 2 amide bonds. The van der Waals surface area contributed by atoms with Crippen molar-refractivity contribution >= 4 is 45.6 Å². The first-order valence-electron chi connectivity index (χ1n) is 11.0. The molecule has 1 saturated heterocycles. The lowest BCUT2D eigenvalue weighted by atomic mass is 9.71. The molecule has 2 heterocycles. The van der Waals surface area contributed by atoms with Gasteiger partial charge in [-0.3, -0.25) is 14.5 Å². The van der Waals surface area contributed by atoms with Gasteiger partial charge in [-0.25, -0.2) is 0 Å². The number of hydrogen-bond donors (Lipinski definition) is 0. The third kappa shape index (κ3) is 2.32. The third-order valence-corrected chi connectivity index (χ3v) is 8.07. The minimum Gasteiger partial charge on any atom is -0.391 e. The van der Waals surface area contributed by atoms with Crippen molar-refractivity contribution in [2.45, 2.75) is 12.5 Å². The molecule has 32 heavy (non-hydrogen) atoms. The normalized spacial score (nSPS) is 32.3. The van der Waals surface area contributed by atoms with E-state index >= 15 is 0 Å². The summed E-state index contributed by atoms with van der Waals surface area (Å²) in [6.07, 6.45) is 0.695. The number of carbonyl (C=O) groups excluding carboxylic acids is 2. The van der Waals surface area contributed by atoms with E-state index in [9.17, 15) is 9.59 Å². The maximum absolute atomic E-state index is 13.6. The fourth-order valence-corrected chi connectivity index (χ4v) is 6.68. The summed E-state index contributed by atoms with van der Waals surface area (Å²) in [5, 5.41) is 7.16. The van der Waals surface area contributed by atoms with Crippen LogP contribution >= 0.6 is 11.6 Å². The molecular weight excluding hydrogens is 424 g/mol. The van der Waals surface area contributed by atoms with E-state index in [0.717, 1.165) is 28.5 Å². The van der Waals surface area contributed by atoms with Gasteiger partial charge in [-0.1, -0.05) is 59.2 Å². The van der Waals surface area contributed by atoms with Gasteiger partial charge in [-0.15, -0.1) is 0 Å². The van der Waals surface area contributed by atoms with Gasteiger partial charge in [-0.2, -0.15) is 0 Å². The molecule has 3 aromatic carbocycles. The van der Waals surface area contributed by atoms with E-state index in [0.29, 0.717) is 10.7 Å². The lowest BCUT2D eigenvalue weighted by Gasteiger charge is -2.29. The molecule has 3 aromatic rings. The topological polar surface area (TPSA) is 59.0 Å². The number of amides is 2. The summed E-state index contributed by atoms with van der Waals surface area (Å²) >= 11 is 6.05. The number of fused-ring (bicyclic) bond motifs is 9. The number of anilines is 1. The molecule has 2 saturated carbocycles. The van der Waals surface area contributed by atoms with Gasteiger partial charge < -0.3 is 4.84 Å². The van der Waals surface area contributed by atoms with Gasteiger partial charge in [0.2, 0.25) is 11.8 Å². The summed E-state index contributed by atoms with van der Waals surface area (Å²) in [4.78, 5) is 34.4. The molecule has 2 aliphatic heterocycles. The SMILES string of the molecule is O=C1[C@@H]2[C@H]3C[C@@H]([C@H]4ON=C(c5ccc(Cl)cc5)[C@@H]34)[C@H]2C(=O)N1c1ccc2ccccc2c1. The number of halogens is 1. The van der Waals surface area contributed by atoms with Crippen molar-refractivity contribution in [3.8, 4) is 0 Å². The first-order valence-corrected chi connectivity index (χ1v) is 11.4. The van der Waals surface area contributed by atoms with Crippen molar-refractivity contribution < 1.29 is 14.4 Å². The zero-order chi connectivity index (χ0) is 21.6. The number of oxime groups is 1. The Balaban J connectivity index is 1.25. The van der Waals surface area contributed by atoms with Gasteiger partial charge in [-0.05, 0) is 52.9 Å². The first kappa shape index (κ1) is 18.4. The standard InChI is InChI=1S/C26H19ClN2O3/c27-16-8-5-14(6-9-16)23-22-18-12-19(24(22)32-28-23)21-20(18)25(30)29(26(21)31)17-10-7-13-3-1-2-4-15(13)11-17/h1-11,18-22,24H,12H2/t18-,19-,20-,21-,22-,24-/m1/s1. The predicted octanol–water partition coefficient (Wildman–Crippen LogP) is 4.67. The zero-order valence-corrected chi connectivity index (χ0v) is 17.8. The molecule has 158 valence electrons. The van der Waals surface area contributed by atoms with Crippen LogP contribution in [-0.4, -0.2) is 23.6 Å². The van der Waals surface area contributed by atoms with Crippen LogP contribution in [0, 0.1) is 29.6 Å². The van der Waals surface area contributed by atoms with Crippen LogP contribution < -0.4 is 4.90 Å². The molecule has 0 unspecified atom stereocenters. The first-order chi connectivity index (χ1) is 15.6. The fraction of sp³-hybridized carbons (Fsp3) is 0.269. The lowest BCUT2D eigenvalue weighted by Crippen LogP contribution is -2.41. The van der Waals surface area contributed by atoms with E-state index in [-0.39, 0.29) is 47.5 Å². The van der Waals surface area contributed by atoms with Crippen LogP contribution in [0.3, 0.4) is 0 Å². The summed E-state index contributed by atoms with van der Waals surface area (Å²) in [6, 6.07) is 21.3. The zero-order valence-electron chi connectivity index (χ0n) is 17.0. The number of carbonyl (C=O) groups is 2. The van der Waals surface area contributed by atoms with Gasteiger partial charge >= 0.3 is 0 Å². The molecule has 2 aliphatic carbocycles. The number of imide groups is 1. The number of rotatable bonds is 2. The Hall–Kier alpha value is -3.18. The molecule has 0 radical (unpaired) electrons. The Labute approximate surface area is 189 Å². The maximum Gasteiger partial charge on any atom is 0.238 e. The summed E-state index contributed by atoms with van der Waals surface area (Å²) in [5.74, 6) is -0.678. The van der Waals surface area contributed by atoms with E-state index in [2.05, 4.69) is 5.16 Å². The summed E-state index contributed by atoms with van der Waals surface area (Å²) in [6.45, 7) is 0. The largest absolute Gasteiger partial charge is 0.391 e. The van der Waals surface area contributed by atoms with E-state index in [1.807, 2.05) is 66.7 Å². The predicted molar refractivity (Wildman–Crippen MR) is 121 cm³/mol. The fourth-order valence-electron chi connectivity index (χ4n) is 6.56. The third-order valence-electron chi connectivity index (χ3n) is 7.82. The molecule has 0 N–H and O–H groups in total. The molecule has 0 spiro atoms. The summed E-state index contributed by atoms with van der Waals surface area (Å²) < 4.78 is 0. The molecule has 5 nitrogen and oxygen atoms in total. The summed E-state index contributed by atoms with van der Waals surface area (Å²) in [7, 11) is 0. The van der Waals surface area contributed by atoms with Crippen LogP contribution in [0.2, 0.25) is 5.02 Å². The number of benzene rings is 3. The van der Waals surface area contributed by atoms with Crippen LogP contribution in [0.25, 0.3) is 10.8 Å². The summed E-state index contributed by atoms with van der Waals surface area (Å²) in [5.41, 5.74) is 2.50. The Morgan fingerprint density at radius 3 is 2.34 bits per heavy atom. The Morgan fingerprint density at radius 2 is 1.56 bits per heavy atom. The number of hydrogen-bond acceptors (Lipinski definition) is 4. The van der Waals surface area contributed by atoms with Crippen molar-refractivity contribution in [2.75, 3.05) is 4.90 Å².